The quantitative estimate of drug-likeness (QED) is 0.678. The molecular formula is C24H22N2O4. The summed E-state index contributed by atoms with van der Waals surface area (Å²) < 4.78 is 11.1. The van der Waals surface area contributed by atoms with Crippen molar-refractivity contribution < 1.29 is 19.1 Å². The highest BCUT2D eigenvalue weighted by Gasteiger charge is 2.26. The van der Waals surface area contributed by atoms with Gasteiger partial charge in [-0.1, -0.05) is 42.5 Å². The third-order valence-electron chi connectivity index (χ3n) is 4.89. The Morgan fingerprint density at radius 3 is 2.63 bits per heavy atom. The van der Waals surface area contributed by atoms with E-state index >= 15 is 0 Å². The van der Waals surface area contributed by atoms with Crippen molar-refractivity contribution >= 4 is 23.2 Å². The van der Waals surface area contributed by atoms with Crippen molar-refractivity contribution in [2.45, 2.75) is 13.5 Å². The van der Waals surface area contributed by atoms with Crippen molar-refractivity contribution in [3.05, 3.63) is 83.9 Å². The molecule has 0 aromatic heterocycles. The fourth-order valence-electron chi connectivity index (χ4n) is 3.27. The Hall–Kier alpha value is -3.80. The molecule has 3 aromatic carbocycles. The number of carbonyl (C=O) groups excluding carboxylic acids is 2. The number of rotatable bonds is 6. The van der Waals surface area contributed by atoms with Gasteiger partial charge in [-0.25, -0.2) is 0 Å². The van der Waals surface area contributed by atoms with E-state index in [9.17, 15) is 9.59 Å². The van der Waals surface area contributed by atoms with E-state index in [0.717, 1.165) is 11.1 Å². The van der Waals surface area contributed by atoms with E-state index in [1.807, 2.05) is 49.4 Å². The van der Waals surface area contributed by atoms with Crippen LogP contribution in [0.4, 0.5) is 11.4 Å². The van der Waals surface area contributed by atoms with Crippen molar-refractivity contribution in [1.82, 2.24) is 0 Å². The number of amides is 2. The Morgan fingerprint density at radius 1 is 1.07 bits per heavy atom. The number of nitrogens with zero attached hydrogens (tertiary/aromatic N) is 1. The van der Waals surface area contributed by atoms with E-state index in [-0.39, 0.29) is 25.0 Å². The van der Waals surface area contributed by atoms with Gasteiger partial charge < -0.3 is 19.7 Å². The summed E-state index contributed by atoms with van der Waals surface area (Å²) in [6.45, 7) is 2.35. The number of hydrogen-bond donors (Lipinski definition) is 1. The van der Waals surface area contributed by atoms with E-state index in [2.05, 4.69) is 5.32 Å². The number of anilines is 2. The van der Waals surface area contributed by atoms with Gasteiger partial charge in [0.2, 0.25) is 0 Å². The average molecular weight is 402 g/mol. The smallest absolute Gasteiger partial charge is 0.265 e. The molecule has 30 heavy (non-hydrogen) atoms. The lowest BCUT2D eigenvalue weighted by Crippen LogP contribution is -2.38. The van der Waals surface area contributed by atoms with Gasteiger partial charge in [-0.3, -0.25) is 9.59 Å². The molecule has 1 aliphatic heterocycles. The van der Waals surface area contributed by atoms with Crippen LogP contribution in [0.15, 0.2) is 72.8 Å². The fourth-order valence-corrected chi connectivity index (χ4v) is 3.27. The number of carbonyl (C=O) groups is 2. The summed E-state index contributed by atoms with van der Waals surface area (Å²) in [7, 11) is 0. The van der Waals surface area contributed by atoms with Crippen molar-refractivity contribution in [2.75, 3.05) is 23.4 Å². The van der Waals surface area contributed by atoms with Gasteiger partial charge >= 0.3 is 0 Å². The molecule has 0 saturated heterocycles. The maximum Gasteiger partial charge on any atom is 0.265 e. The van der Waals surface area contributed by atoms with Crippen LogP contribution in [0.5, 0.6) is 11.5 Å². The highest BCUT2D eigenvalue weighted by atomic mass is 16.5. The molecule has 152 valence electrons. The third kappa shape index (κ3) is 4.43. The van der Waals surface area contributed by atoms with Crippen LogP contribution < -0.4 is 19.7 Å². The van der Waals surface area contributed by atoms with Gasteiger partial charge in [0, 0.05) is 5.69 Å². The number of nitrogens with one attached hydrogen (secondary N) is 1. The van der Waals surface area contributed by atoms with Gasteiger partial charge in [-0.15, -0.1) is 0 Å². The van der Waals surface area contributed by atoms with Crippen molar-refractivity contribution in [1.29, 1.82) is 0 Å². The Labute approximate surface area is 175 Å². The summed E-state index contributed by atoms with van der Waals surface area (Å²) in [5.74, 6) is 0.831. The molecule has 3 aromatic rings. The Bertz CT molecular complexity index is 1070. The predicted molar refractivity (Wildman–Crippen MR) is 115 cm³/mol. The minimum absolute atomic E-state index is 0.00446. The summed E-state index contributed by atoms with van der Waals surface area (Å²) in [5, 5.41) is 2.82. The number of aryl methyl sites for hydroxylation is 1. The molecule has 0 radical (unpaired) electrons. The highest BCUT2D eigenvalue weighted by Crippen LogP contribution is 2.35. The fraction of sp³-hybridized carbons (Fsp3) is 0.167. The SMILES string of the molecule is Cc1ccccc1CN1C(=O)COc2ccc(NC(=O)COc3ccccc3)cc21. The maximum absolute atomic E-state index is 12.6. The zero-order chi connectivity index (χ0) is 20.9. The molecule has 1 heterocycles. The molecule has 0 bridgehead atoms. The Morgan fingerprint density at radius 2 is 1.83 bits per heavy atom. The number of hydrogen-bond acceptors (Lipinski definition) is 4. The standard InChI is InChI=1S/C24H22N2O4/c1-17-7-5-6-8-18(17)14-26-21-13-19(11-12-22(21)30-16-24(26)28)25-23(27)15-29-20-9-3-2-4-10-20/h2-13H,14-16H2,1H3,(H,25,27). The van der Waals surface area contributed by atoms with Gasteiger partial charge in [-0.05, 0) is 48.4 Å². The molecule has 0 saturated carbocycles. The van der Waals surface area contributed by atoms with Crippen LogP contribution in [-0.4, -0.2) is 25.0 Å². The second-order valence-corrected chi connectivity index (χ2v) is 7.03. The minimum atomic E-state index is -0.285. The van der Waals surface area contributed by atoms with E-state index < -0.39 is 0 Å². The first-order valence-electron chi connectivity index (χ1n) is 9.69. The first-order chi connectivity index (χ1) is 14.6. The summed E-state index contributed by atoms with van der Waals surface area (Å²) in [6.07, 6.45) is 0. The zero-order valence-electron chi connectivity index (χ0n) is 16.6. The number of benzene rings is 3. The van der Waals surface area contributed by atoms with Crippen molar-refractivity contribution in [3.63, 3.8) is 0 Å². The molecule has 1 aliphatic rings. The Kier molecular flexibility index (Phi) is 5.66. The van der Waals surface area contributed by atoms with Crippen LogP contribution in [0.1, 0.15) is 11.1 Å². The normalized spacial score (nSPS) is 12.7. The monoisotopic (exact) mass is 402 g/mol. The number of fused-ring (bicyclic) bond motifs is 1. The average Bonchev–Trinajstić information content (AvgIpc) is 2.76. The highest BCUT2D eigenvalue weighted by molar-refractivity contribution is 5.99. The molecule has 6 heteroatoms. The van der Waals surface area contributed by atoms with E-state index in [1.54, 1.807) is 35.2 Å². The van der Waals surface area contributed by atoms with Crippen LogP contribution in [0.3, 0.4) is 0 Å². The molecule has 2 amide bonds. The molecule has 0 aliphatic carbocycles. The minimum Gasteiger partial charge on any atom is -0.484 e. The summed E-state index contributed by atoms with van der Waals surface area (Å²) in [4.78, 5) is 26.5. The second kappa shape index (κ2) is 8.69. The predicted octanol–water partition coefficient (Wildman–Crippen LogP) is 3.94. The zero-order valence-corrected chi connectivity index (χ0v) is 16.6. The topological polar surface area (TPSA) is 67.9 Å². The lowest BCUT2D eigenvalue weighted by atomic mass is 10.1. The van der Waals surface area contributed by atoms with Gasteiger partial charge in [0.25, 0.3) is 11.8 Å². The lowest BCUT2D eigenvalue weighted by Gasteiger charge is -2.30. The number of ether oxygens (including phenoxy) is 2. The largest absolute Gasteiger partial charge is 0.484 e. The molecule has 0 atom stereocenters. The molecule has 0 spiro atoms. The van der Waals surface area contributed by atoms with Gasteiger partial charge in [0.1, 0.15) is 11.5 Å². The summed E-state index contributed by atoms with van der Waals surface area (Å²) >= 11 is 0. The van der Waals surface area contributed by atoms with Crippen LogP contribution in [0.25, 0.3) is 0 Å². The summed E-state index contributed by atoms with van der Waals surface area (Å²) in [6, 6.07) is 22.4. The van der Waals surface area contributed by atoms with E-state index in [0.29, 0.717) is 29.4 Å². The van der Waals surface area contributed by atoms with E-state index in [1.165, 1.54) is 0 Å². The first-order valence-corrected chi connectivity index (χ1v) is 9.69. The van der Waals surface area contributed by atoms with Crippen LogP contribution in [0.2, 0.25) is 0 Å². The Balaban J connectivity index is 1.49. The van der Waals surface area contributed by atoms with Gasteiger partial charge in [-0.2, -0.15) is 0 Å². The van der Waals surface area contributed by atoms with Crippen molar-refractivity contribution in [2.24, 2.45) is 0 Å². The van der Waals surface area contributed by atoms with E-state index in [4.69, 9.17) is 9.47 Å². The van der Waals surface area contributed by atoms with Crippen LogP contribution >= 0.6 is 0 Å². The van der Waals surface area contributed by atoms with Gasteiger partial charge in [0.05, 0.1) is 12.2 Å². The van der Waals surface area contributed by atoms with Crippen LogP contribution in [-0.2, 0) is 16.1 Å². The molecule has 1 N–H and O–H groups in total. The number of para-hydroxylation sites is 1. The van der Waals surface area contributed by atoms with Crippen LogP contribution in [0, 0.1) is 6.92 Å². The summed E-state index contributed by atoms with van der Waals surface area (Å²) in [5.41, 5.74) is 3.38. The third-order valence-corrected chi connectivity index (χ3v) is 4.89. The molecular weight excluding hydrogens is 380 g/mol. The van der Waals surface area contributed by atoms with Crippen molar-refractivity contribution in [3.8, 4) is 11.5 Å². The molecule has 0 unspecified atom stereocenters. The van der Waals surface area contributed by atoms with Gasteiger partial charge in [0.15, 0.2) is 13.2 Å². The maximum atomic E-state index is 12.6. The second-order valence-electron chi connectivity index (χ2n) is 7.03. The molecule has 0 fully saturated rings. The lowest BCUT2D eigenvalue weighted by molar-refractivity contribution is -0.121. The first kappa shape index (κ1) is 19.5. The molecule has 4 rings (SSSR count). The molecule has 6 nitrogen and oxygen atoms in total.